The molecule has 0 aliphatic carbocycles. The normalized spacial score (nSPS) is 15.1. The number of nitrogens with zero attached hydrogens (tertiary/aromatic N) is 3. The summed E-state index contributed by atoms with van der Waals surface area (Å²) in [6, 6.07) is 18.2. The number of carbonyl (C=O) groups excluding carboxylic acids is 1. The van der Waals surface area contributed by atoms with Crippen LogP contribution in [0.1, 0.15) is 17.2 Å². The molecule has 1 atom stereocenters. The van der Waals surface area contributed by atoms with E-state index in [4.69, 9.17) is 4.74 Å². The van der Waals surface area contributed by atoms with Crippen molar-refractivity contribution in [3.63, 3.8) is 0 Å². The first-order valence-electron chi connectivity index (χ1n) is 10.9. The van der Waals surface area contributed by atoms with Crippen molar-refractivity contribution in [2.75, 3.05) is 13.2 Å². The lowest BCUT2D eigenvalue weighted by Gasteiger charge is -2.25. The minimum Gasteiger partial charge on any atom is -0.363 e. The second-order valence-electron chi connectivity index (χ2n) is 7.86. The fourth-order valence-electron chi connectivity index (χ4n) is 4.13. The maximum atomic E-state index is 14.5. The molecule has 0 fully saturated rings. The molecule has 0 saturated carbocycles. The predicted molar refractivity (Wildman–Crippen MR) is 123 cm³/mol. The summed E-state index contributed by atoms with van der Waals surface area (Å²) in [5.74, 6) is -0.502. The van der Waals surface area contributed by atoms with Gasteiger partial charge in [-0.3, -0.25) is 14.5 Å². The van der Waals surface area contributed by atoms with Gasteiger partial charge in [0.1, 0.15) is 11.5 Å². The molecule has 1 amide bonds. The molecule has 1 aliphatic rings. The highest BCUT2D eigenvalue weighted by Crippen LogP contribution is 2.32. The van der Waals surface area contributed by atoms with Crippen LogP contribution < -0.4 is 5.32 Å². The molecule has 3 heterocycles. The maximum absolute atomic E-state index is 14.5. The number of nitrogens with one attached hydrogen (secondary N) is 1. The molecular weight excluding hydrogens is 419 g/mol. The van der Waals surface area contributed by atoms with Crippen LogP contribution in [0.3, 0.4) is 0 Å². The number of carbonyl (C=O) groups is 1. The molecule has 0 radical (unpaired) electrons. The van der Waals surface area contributed by atoms with Crippen molar-refractivity contribution < 1.29 is 13.9 Å². The van der Waals surface area contributed by atoms with Gasteiger partial charge in [-0.05, 0) is 47.4 Å². The monoisotopic (exact) mass is 442 g/mol. The van der Waals surface area contributed by atoms with Gasteiger partial charge < -0.3 is 10.1 Å². The summed E-state index contributed by atoms with van der Waals surface area (Å²) in [7, 11) is 0. The molecule has 5 rings (SSSR count). The van der Waals surface area contributed by atoms with Crippen molar-refractivity contribution in [3.05, 3.63) is 96.2 Å². The minimum absolute atomic E-state index is 0.169. The maximum Gasteiger partial charge on any atom is 0.253 e. The van der Waals surface area contributed by atoms with Gasteiger partial charge in [-0.2, -0.15) is 5.10 Å². The van der Waals surface area contributed by atoms with Crippen molar-refractivity contribution in [3.8, 4) is 22.4 Å². The highest BCUT2D eigenvalue weighted by atomic mass is 19.1. The van der Waals surface area contributed by atoms with Gasteiger partial charge in [0.15, 0.2) is 6.10 Å². The molecule has 2 aromatic carbocycles. The number of pyridine rings is 1. The van der Waals surface area contributed by atoms with Crippen LogP contribution in [-0.2, 0) is 22.5 Å². The standard InChI is InChI=1S/C26H23FN4O2/c27-23-8-4-3-7-21(23)24-22(19-9-12-28-13-10-19)17-31(30-24)15-14-29-26(32)25-20-6-2-1-5-18(20)11-16-33-25/h1-10,12-13,17,25H,11,14-16H2,(H,29,32). The van der Waals surface area contributed by atoms with E-state index in [0.717, 1.165) is 28.7 Å². The number of rotatable bonds is 6. The van der Waals surface area contributed by atoms with E-state index in [0.29, 0.717) is 31.0 Å². The van der Waals surface area contributed by atoms with E-state index in [1.54, 1.807) is 35.3 Å². The number of hydrogen-bond donors (Lipinski definition) is 1. The van der Waals surface area contributed by atoms with Gasteiger partial charge in [0, 0.05) is 36.3 Å². The van der Waals surface area contributed by atoms with Gasteiger partial charge in [-0.1, -0.05) is 36.4 Å². The molecule has 1 unspecified atom stereocenters. The van der Waals surface area contributed by atoms with Gasteiger partial charge in [-0.25, -0.2) is 4.39 Å². The van der Waals surface area contributed by atoms with Crippen LogP contribution in [0, 0.1) is 5.82 Å². The van der Waals surface area contributed by atoms with E-state index in [9.17, 15) is 9.18 Å². The molecule has 0 spiro atoms. The quantitative estimate of drug-likeness (QED) is 0.486. The summed E-state index contributed by atoms with van der Waals surface area (Å²) in [4.78, 5) is 16.9. The number of benzene rings is 2. The summed E-state index contributed by atoms with van der Waals surface area (Å²) in [5, 5.41) is 7.59. The van der Waals surface area contributed by atoms with Gasteiger partial charge in [-0.15, -0.1) is 0 Å². The summed E-state index contributed by atoms with van der Waals surface area (Å²) in [6.45, 7) is 1.33. The first-order valence-corrected chi connectivity index (χ1v) is 10.9. The Morgan fingerprint density at radius 2 is 1.85 bits per heavy atom. The molecule has 1 aliphatic heterocycles. The number of hydrogen-bond acceptors (Lipinski definition) is 4. The Morgan fingerprint density at radius 1 is 1.06 bits per heavy atom. The van der Waals surface area contributed by atoms with E-state index in [1.807, 2.05) is 42.6 Å². The molecule has 0 saturated heterocycles. The molecule has 7 heteroatoms. The molecule has 1 N–H and O–H groups in total. The second kappa shape index (κ2) is 9.34. The van der Waals surface area contributed by atoms with E-state index < -0.39 is 6.10 Å². The number of amides is 1. The van der Waals surface area contributed by atoms with Crippen LogP contribution in [0.2, 0.25) is 0 Å². The SMILES string of the molecule is O=C(NCCn1cc(-c2ccncc2)c(-c2ccccc2F)n1)C1OCCc2ccccc21. The van der Waals surface area contributed by atoms with Crippen LogP contribution in [0.5, 0.6) is 0 Å². The van der Waals surface area contributed by atoms with E-state index in [-0.39, 0.29) is 11.7 Å². The Morgan fingerprint density at radius 3 is 2.70 bits per heavy atom. The van der Waals surface area contributed by atoms with E-state index in [2.05, 4.69) is 15.4 Å². The van der Waals surface area contributed by atoms with Gasteiger partial charge >= 0.3 is 0 Å². The van der Waals surface area contributed by atoms with Crippen molar-refractivity contribution in [2.24, 2.45) is 0 Å². The summed E-state index contributed by atoms with van der Waals surface area (Å²) in [6.07, 6.45) is 5.47. The summed E-state index contributed by atoms with van der Waals surface area (Å²) in [5.41, 5.74) is 4.74. The second-order valence-corrected chi connectivity index (χ2v) is 7.86. The van der Waals surface area contributed by atoms with Gasteiger partial charge in [0.2, 0.25) is 0 Å². The van der Waals surface area contributed by atoms with Crippen LogP contribution >= 0.6 is 0 Å². The zero-order valence-electron chi connectivity index (χ0n) is 17.9. The third kappa shape index (κ3) is 4.40. The predicted octanol–water partition coefficient (Wildman–Crippen LogP) is 4.18. The van der Waals surface area contributed by atoms with Crippen LogP contribution in [0.4, 0.5) is 4.39 Å². The van der Waals surface area contributed by atoms with Crippen LogP contribution in [0.25, 0.3) is 22.4 Å². The average Bonchev–Trinajstić information content (AvgIpc) is 3.28. The Balaban J connectivity index is 1.34. The molecule has 33 heavy (non-hydrogen) atoms. The third-order valence-electron chi connectivity index (χ3n) is 5.75. The largest absolute Gasteiger partial charge is 0.363 e. The average molecular weight is 442 g/mol. The molecule has 2 aromatic heterocycles. The zero-order chi connectivity index (χ0) is 22.6. The van der Waals surface area contributed by atoms with Crippen molar-refractivity contribution in [1.82, 2.24) is 20.1 Å². The zero-order valence-corrected chi connectivity index (χ0v) is 17.9. The Kier molecular flexibility index (Phi) is 5.95. The van der Waals surface area contributed by atoms with Crippen LogP contribution in [0.15, 0.2) is 79.3 Å². The summed E-state index contributed by atoms with van der Waals surface area (Å²) < 4.78 is 22.0. The van der Waals surface area contributed by atoms with E-state index in [1.165, 1.54) is 6.07 Å². The smallest absolute Gasteiger partial charge is 0.253 e. The Labute approximate surface area is 191 Å². The Hall–Kier alpha value is -3.84. The number of halogens is 1. The van der Waals surface area contributed by atoms with Crippen molar-refractivity contribution in [1.29, 1.82) is 0 Å². The molecule has 6 nitrogen and oxygen atoms in total. The highest BCUT2D eigenvalue weighted by Gasteiger charge is 2.26. The fraction of sp³-hybridized carbons (Fsp3) is 0.192. The fourth-order valence-corrected chi connectivity index (χ4v) is 4.13. The van der Waals surface area contributed by atoms with Crippen LogP contribution in [-0.4, -0.2) is 33.8 Å². The topological polar surface area (TPSA) is 69.0 Å². The van der Waals surface area contributed by atoms with Gasteiger partial charge in [0.05, 0.1) is 13.2 Å². The molecular formula is C26H23FN4O2. The number of fused-ring (bicyclic) bond motifs is 1. The first-order chi connectivity index (χ1) is 16.2. The van der Waals surface area contributed by atoms with Gasteiger partial charge in [0.25, 0.3) is 5.91 Å². The lowest BCUT2D eigenvalue weighted by molar-refractivity contribution is -0.134. The Bertz CT molecular complexity index is 1270. The number of aromatic nitrogens is 3. The minimum atomic E-state index is -0.603. The number of ether oxygens (including phenoxy) is 1. The highest BCUT2D eigenvalue weighted by molar-refractivity contribution is 5.83. The molecule has 4 aromatic rings. The van der Waals surface area contributed by atoms with E-state index >= 15 is 0 Å². The molecule has 166 valence electrons. The first kappa shape index (κ1) is 21.0. The van der Waals surface area contributed by atoms with Crippen molar-refractivity contribution >= 4 is 5.91 Å². The third-order valence-corrected chi connectivity index (χ3v) is 5.75. The van der Waals surface area contributed by atoms with Crippen molar-refractivity contribution in [2.45, 2.75) is 19.1 Å². The molecule has 0 bridgehead atoms. The lowest BCUT2D eigenvalue weighted by Crippen LogP contribution is -2.35. The summed E-state index contributed by atoms with van der Waals surface area (Å²) >= 11 is 0. The lowest BCUT2D eigenvalue weighted by atomic mass is 9.97.